The maximum absolute atomic E-state index is 13.1. The van der Waals surface area contributed by atoms with Crippen molar-refractivity contribution < 1.29 is 4.79 Å². The lowest BCUT2D eigenvalue weighted by Gasteiger charge is -2.22. The highest BCUT2D eigenvalue weighted by atomic mass is 16.2. The Balaban J connectivity index is 1.35. The molecule has 0 saturated heterocycles. The number of pyridine rings is 1. The van der Waals surface area contributed by atoms with E-state index in [0.29, 0.717) is 19.1 Å². The molecule has 0 aliphatic heterocycles. The molecule has 2 aromatic rings. The fraction of sp³-hybridized carbons (Fsp3) is 0.625. The van der Waals surface area contributed by atoms with Crippen molar-refractivity contribution in [2.45, 2.75) is 109 Å². The minimum absolute atomic E-state index is 0.0512. The number of carbonyl (C=O) groups is 1. The Kier molecular flexibility index (Phi) is 15.1. The lowest BCUT2D eigenvalue weighted by molar-refractivity contribution is -0.123. The van der Waals surface area contributed by atoms with Crippen molar-refractivity contribution in [2.75, 3.05) is 19.6 Å². The summed E-state index contributed by atoms with van der Waals surface area (Å²) in [6, 6.07) is 15.4. The summed E-state index contributed by atoms with van der Waals surface area (Å²) in [6.45, 7) is 9.42. The molecule has 7 nitrogen and oxygen atoms in total. The maximum atomic E-state index is 13.1. The van der Waals surface area contributed by atoms with Crippen LogP contribution < -0.4 is 26.6 Å². The number of aromatic nitrogens is 1. The normalized spacial score (nSPS) is 14.9. The van der Waals surface area contributed by atoms with Gasteiger partial charge in [-0.3, -0.25) is 9.78 Å². The van der Waals surface area contributed by atoms with E-state index in [2.05, 4.69) is 69.7 Å². The Morgan fingerprint density at radius 3 is 2.33 bits per heavy atom. The number of rotatable bonds is 19. The molecule has 1 saturated carbocycles. The lowest BCUT2D eigenvalue weighted by atomic mass is 9.95. The van der Waals surface area contributed by atoms with Crippen molar-refractivity contribution in [3.63, 3.8) is 0 Å². The third-order valence-electron chi connectivity index (χ3n) is 7.43. The van der Waals surface area contributed by atoms with Gasteiger partial charge in [-0.15, -0.1) is 0 Å². The van der Waals surface area contributed by atoms with E-state index in [4.69, 9.17) is 0 Å². The fourth-order valence-corrected chi connectivity index (χ4v) is 5.07. The number of amides is 1. The molecule has 0 spiro atoms. The zero-order valence-corrected chi connectivity index (χ0v) is 24.3. The zero-order chi connectivity index (χ0) is 27.5. The number of carbonyl (C=O) groups excluding carboxylic acids is 1. The van der Waals surface area contributed by atoms with Gasteiger partial charge in [0, 0.05) is 37.9 Å². The van der Waals surface area contributed by atoms with Gasteiger partial charge in [0.15, 0.2) is 0 Å². The first-order valence-electron chi connectivity index (χ1n) is 15.3. The minimum atomic E-state index is -0.234. The summed E-state index contributed by atoms with van der Waals surface area (Å²) in [7, 11) is 0. The molecule has 0 unspecified atom stereocenters. The van der Waals surface area contributed by atoms with E-state index in [1.807, 2.05) is 18.2 Å². The van der Waals surface area contributed by atoms with Crippen molar-refractivity contribution in [1.29, 1.82) is 0 Å². The summed E-state index contributed by atoms with van der Waals surface area (Å²) >= 11 is 0. The van der Waals surface area contributed by atoms with Gasteiger partial charge in [-0.25, -0.2) is 0 Å². The van der Waals surface area contributed by atoms with E-state index in [1.165, 1.54) is 37.7 Å². The molecule has 1 amide bonds. The predicted molar refractivity (Wildman–Crippen MR) is 161 cm³/mol. The second-order valence-corrected chi connectivity index (χ2v) is 11.2. The first kappa shape index (κ1) is 31.2. The summed E-state index contributed by atoms with van der Waals surface area (Å²) < 4.78 is 0. The molecule has 216 valence electrons. The van der Waals surface area contributed by atoms with Crippen LogP contribution in [0.5, 0.6) is 0 Å². The monoisotopic (exact) mass is 536 g/mol. The van der Waals surface area contributed by atoms with Crippen molar-refractivity contribution in [3.8, 4) is 0 Å². The highest BCUT2D eigenvalue weighted by molar-refractivity contribution is 5.81. The zero-order valence-electron chi connectivity index (χ0n) is 24.3. The molecule has 1 aromatic heterocycles. The van der Waals surface area contributed by atoms with Crippen LogP contribution >= 0.6 is 0 Å². The number of hydrogen-bond donors (Lipinski definition) is 5. The molecule has 0 bridgehead atoms. The summed E-state index contributed by atoms with van der Waals surface area (Å²) in [6.07, 6.45) is 12.7. The summed E-state index contributed by atoms with van der Waals surface area (Å²) in [4.78, 5) is 17.5. The molecule has 5 N–H and O–H groups in total. The molecule has 1 fully saturated rings. The van der Waals surface area contributed by atoms with Crippen LogP contribution in [0.3, 0.4) is 0 Å². The van der Waals surface area contributed by atoms with E-state index in [1.54, 1.807) is 6.20 Å². The summed E-state index contributed by atoms with van der Waals surface area (Å²) in [5, 5.41) is 17.3. The average Bonchev–Trinajstić information content (AvgIpc) is 2.96. The van der Waals surface area contributed by atoms with Crippen molar-refractivity contribution >= 4 is 5.91 Å². The second kappa shape index (κ2) is 18.9. The van der Waals surface area contributed by atoms with Crippen LogP contribution in [0.2, 0.25) is 0 Å². The van der Waals surface area contributed by atoms with Gasteiger partial charge in [-0.2, -0.15) is 0 Å². The Morgan fingerprint density at radius 1 is 0.846 bits per heavy atom. The van der Waals surface area contributed by atoms with Gasteiger partial charge in [0.25, 0.3) is 0 Å². The second-order valence-electron chi connectivity index (χ2n) is 11.2. The van der Waals surface area contributed by atoms with E-state index in [-0.39, 0.29) is 11.9 Å². The molecular formula is C32H52N6O. The molecule has 7 heteroatoms. The minimum Gasteiger partial charge on any atom is -0.351 e. The third-order valence-corrected chi connectivity index (χ3v) is 7.43. The molecule has 0 radical (unpaired) electrons. The highest BCUT2D eigenvalue weighted by Gasteiger charge is 2.17. The molecular weight excluding hydrogens is 484 g/mol. The van der Waals surface area contributed by atoms with E-state index in [0.717, 1.165) is 69.2 Å². The number of hydrogen-bond acceptors (Lipinski definition) is 6. The van der Waals surface area contributed by atoms with Gasteiger partial charge >= 0.3 is 0 Å². The molecule has 1 heterocycles. The largest absolute Gasteiger partial charge is 0.351 e. The van der Waals surface area contributed by atoms with Gasteiger partial charge in [-0.1, -0.05) is 69.9 Å². The Labute approximate surface area is 236 Å². The van der Waals surface area contributed by atoms with Gasteiger partial charge in [0.1, 0.15) is 0 Å². The van der Waals surface area contributed by atoms with Crippen LogP contribution in [0.4, 0.5) is 0 Å². The van der Waals surface area contributed by atoms with Gasteiger partial charge in [-0.05, 0) is 75.0 Å². The molecule has 3 rings (SSSR count). The standard InChI is InChI=1S/C32H52N6O/c1-26(2)34-20-9-7-14-31(37-25-30-13-6-8-21-36-30)32(39)38-24-28-17-15-27(16-18-28)23-33-19-10-22-35-29-11-4-3-5-12-29/h6,8,13,15-18,21,26,29,31,33-35,37H,3-5,7,9-12,14,19-20,22-25H2,1-2H3,(H,38,39)/t31-/m0/s1. The summed E-state index contributed by atoms with van der Waals surface area (Å²) in [5.74, 6) is 0.0512. The number of unbranched alkanes of at least 4 members (excludes halogenated alkanes) is 1. The predicted octanol–water partition coefficient (Wildman–Crippen LogP) is 4.43. The number of benzene rings is 1. The number of nitrogens with zero attached hydrogens (tertiary/aromatic N) is 1. The fourth-order valence-electron chi connectivity index (χ4n) is 5.07. The molecule has 1 aliphatic rings. The smallest absolute Gasteiger partial charge is 0.237 e. The van der Waals surface area contributed by atoms with Crippen LogP contribution in [-0.4, -0.2) is 48.7 Å². The van der Waals surface area contributed by atoms with Gasteiger partial charge in [0.05, 0.1) is 11.7 Å². The third kappa shape index (κ3) is 13.5. The Hall–Kier alpha value is -2.32. The maximum Gasteiger partial charge on any atom is 0.237 e. The molecule has 39 heavy (non-hydrogen) atoms. The van der Waals surface area contributed by atoms with Gasteiger partial charge < -0.3 is 26.6 Å². The van der Waals surface area contributed by atoms with E-state index >= 15 is 0 Å². The van der Waals surface area contributed by atoms with Crippen LogP contribution in [0.15, 0.2) is 48.7 Å². The molecule has 1 aromatic carbocycles. The molecule has 1 aliphatic carbocycles. The number of nitrogens with one attached hydrogen (secondary N) is 5. The highest BCUT2D eigenvalue weighted by Crippen LogP contribution is 2.17. The first-order valence-corrected chi connectivity index (χ1v) is 15.3. The van der Waals surface area contributed by atoms with Crippen LogP contribution in [0.1, 0.15) is 88.5 Å². The van der Waals surface area contributed by atoms with E-state index < -0.39 is 0 Å². The molecule has 1 atom stereocenters. The first-order chi connectivity index (χ1) is 19.1. The van der Waals surface area contributed by atoms with Crippen molar-refractivity contribution in [3.05, 3.63) is 65.5 Å². The van der Waals surface area contributed by atoms with Crippen LogP contribution in [-0.2, 0) is 24.4 Å². The van der Waals surface area contributed by atoms with Crippen molar-refractivity contribution in [2.24, 2.45) is 0 Å². The lowest BCUT2D eigenvalue weighted by Crippen LogP contribution is -2.43. The SMILES string of the molecule is CC(C)NCCCC[C@H](NCc1ccccn1)C(=O)NCc1ccc(CNCCCNC2CCCCC2)cc1. The summed E-state index contributed by atoms with van der Waals surface area (Å²) in [5.41, 5.74) is 3.34. The Morgan fingerprint density at radius 2 is 1.62 bits per heavy atom. The van der Waals surface area contributed by atoms with E-state index in [9.17, 15) is 4.79 Å². The quantitative estimate of drug-likeness (QED) is 0.171. The van der Waals surface area contributed by atoms with Crippen LogP contribution in [0.25, 0.3) is 0 Å². The van der Waals surface area contributed by atoms with Crippen LogP contribution in [0, 0.1) is 0 Å². The Bertz CT molecular complexity index is 899. The average molecular weight is 537 g/mol. The topological polar surface area (TPSA) is 90.1 Å². The van der Waals surface area contributed by atoms with Gasteiger partial charge in [0.2, 0.25) is 5.91 Å². The van der Waals surface area contributed by atoms with Crippen molar-refractivity contribution in [1.82, 2.24) is 31.6 Å².